The second-order valence-corrected chi connectivity index (χ2v) is 4.83. The molecule has 0 aromatic heterocycles. The molecule has 0 saturated carbocycles. The fourth-order valence-electron chi connectivity index (χ4n) is 2.05. The Bertz CT molecular complexity index is 477. The number of hydrogen-bond acceptors (Lipinski definition) is 3. The standard InChI is InChI=1S/C16H22O4/c1-2-3-4-5-6-7-8-13(16(19)20)14-11-12(17)9-10-15(14)18/h8-11,17-18H,2-7H2,1H3,(H,19,20). The molecule has 1 aromatic rings. The predicted molar refractivity (Wildman–Crippen MR) is 78.8 cm³/mol. The van der Waals surface area contributed by atoms with Crippen molar-refractivity contribution in [2.45, 2.75) is 45.4 Å². The average molecular weight is 278 g/mol. The summed E-state index contributed by atoms with van der Waals surface area (Å²) in [7, 11) is 0. The minimum absolute atomic E-state index is 0.0360. The van der Waals surface area contributed by atoms with Gasteiger partial charge in [-0.25, -0.2) is 4.79 Å². The number of unbranched alkanes of at least 4 members (excludes halogenated alkanes) is 5. The highest BCUT2D eigenvalue weighted by Gasteiger charge is 2.14. The molecule has 0 aliphatic carbocycles. The highest BCUT2D eigenvalue weighted by Crippen LogP contribution is 2.29. The van der Waals surface area contributed by atoms with Crippen LogP contribution in [0.2, 0.25) is 0 Å². The van der Waals surface area contributed by atoms with Crippen LogP contribution in [-0.2, 0) is 4.79 Å². The first-order valence-corrected chi connectivity index (χ1v) is 7.02. The van der Waals surface area contributed by atoms with Gasteiger partial charge in [0.1, 0.15) is 11.5 Å². The van der Waals surface area contributed by atoms with Gasteiger partial charge in [-0.1, -0.05) is 38.7 Å². The Balaban J connectivity index is 2.73. The summed E-state index contributed by atoms with van der Waals surface area (Å²) in [4.78, 5) is 11.3. The van der Waals surface area contributed by atoms with E-state index in [0.29, 0.717) is 6.42 Å². The van der Waals surface area contributed by atoms with Crippen molar-refractivity contribution in [3.05, 3.63) is 29.8 Å². The molecule has 3 N–H and O–H groups in total. The van der Waals surface area contributed by atoms with Crippen molar-refractivity contribution in [2.75, 3.05) is 0 Å². The van der Waals surface area contributed by atoms with Crippen LogP contribution in [0.4, 0.5) is 0 Å². The van der Waals surface area contributed by atoms with Gasteiger partial charge in [-0.3, -0.25) is 0 Å². The van der Waals surface area contributed by atoms with Crippen LogP contribution in [0.5, 0.6) is 11.5 Å². The summed E-state index contributed by atoms with van der Waals surface area (Å²) in [5.74, 6) is -1.30. The average Bonchev–Trinajstić information content (AvgIpc) is 2.41. The number of rotatable bonds is 8. The zero-order valence-electron chi connectivity index (χ0n) is 11.8. The highest BCUT2D eigenvalue weighted by molar-refractivity contribution is 6.16. The van der Waals surface area contributed by atoms with Gasteiger partial charge in [0, 0.05) is 5.56 Å². The number of hydrogen-bond donors (Lipinski definition) is 3. The number of carbonyl (C=O) groups is 1. The number of aromatic hydroxyl groups is 2. The molecule has 0 saturated heterocycles. The van der Waals surface area contributed by atoms with Crippen LogP contribution < -0.4 is 0 Å². The van der Waals surface area contributed by atoms with E-state index >= 15 is 0 Å². The zero-order chi connectivity index (χ0) is 15.0. The van der Waals surface area contributed by atoms with E-state index in [2.05, 4.69) is 6.92 Å². The molecule has 20 heavy (non-hydrogen) atoms. The predicted octanol–water partition coefficient (Wildman–Crippen LogP) is 3.93. The van der Waals surface area contributed by atoms with Crippen LogP contribution in [0.15, 0.2) is 24.3 Å². The van der Waals surface area contributed by atoms with Crippen LogP contribution in [0.25, 0.3) is 5.57 Å². The summed E-state index contributed by atoms with van der Waals surface area (Å²) < 4.78 is 0. The van der Waals surface area contributed by atoms with E-state index in [4.69, 9.17) is 0 Å². The second kappa shape index (κ2) is 8.25. The van der Waals surface area contributed by atoms with E-state index < -0.39 is 5.97 Å². The Morgan fingerprint density at radius 3 is 2.50 bits per heavy atom. The number of phenols is 2. The molecule has 0 bridgehead atoms. The molecule has 4 nitrogen and oxygen atoms in total. The number of allylic oxidation sites excluding steroid dienone is 1. The topological polar surface area (TPSA) is 77.8 Å². The highest BCUT2D eigenvalue weighted by atomic mass is 16.4. The molecule has 1 rings (SSSR count). The van der Waals surface area contributed by atoms with Crippen molar-refractivity contribution in [1.29, 1.82) is 0 Å². The number of carboxylic acid groups (broad SMARTS) is 1. The van der Waals surface area contributed by atoms with Gasteiger partial charge in [-0.2, -0.15) is 0 Å². The molecular weight excluding hydrogens is 256 g/mol. The first-order valence-electron chi connectivity index (χ1n) is 7.02. The third-order valence-corrected chi connectivity index (χ3v) is 3.16. The molecule has 0 amide bonds. The molecular formula is C16H22O4. The second-order valence-electron chi connectivity index (χ2n) is 4.83. The Morgan fingerprint density at radius 2 is 1.85 bits per heavy atom. The fourth-order valence-corrected chi connectivity index (χ4v) is 2.05. The van der Waals surface area contributed by atoms with Gasteiger partial charge in [0.15, 0.2) is 0 Å². The minimum Gasteiger partial charge on any atom is -0.508 e. The van der Waals surface area contributed by atoms with Gasteiger partial charge in [-0.15, -0.1) is 0 Å². The molecule has 0 heterocycles. The van der Waals surface area contributed by atoms with Crippen molar-refractivity contribution in [3.8, 4) is 11.5 Å². The Hall–Kier alpha value is -1.97. The molecule has 0 unspecified atom stereocenters. The Kier molecular flexibility index (Phi) is 6.64. The van der Waals surface area contributed by atoms with Crippen molar-refractivity contribution in [2.24, 2.45) is 0 Å². The molecule has 0 atom stereocenters. The van der Waals surface area contributed by atoms with E-state index in [0.717, 1.165) is 19.3 Å². The zero-order valence-corrected chi connectivity index (χ0v) is 11.8. The molecule has 0 aliphatic heterocycles. The molecule has 0 aliphatic rings. The maximum atomic E-state index is 11.3. The van der Waals surface area contributed by atoms with Crippen molar-refractivity contribution in [3.63, 3.8) is 0 Å². The summed E-state index contributed by atoms with van der Waals surface area (Å²) in [6, 6.07) is 3.89. The van der Waals surface area contributed by atoms with Gasteiger partial charge in [-0.05, 0) is 31.0 Å². The maximum absolute atomic E-state index is 11.3. The number of benzene rings is 1. The normalized spacial score (nSPS) is 11.6. The third kappa shape index (κ3) is 4.96. The summed E-state index contributed by atoms with van der Waals surface area (Å²) >= 11 is 0. The SMILES string of the molecule is CCCCCCCC=C(C(=O)O)c1cc(O)ccc1O. The van der Waals surface area contributed by atoms with Gasteiger partial charge in [0.05, 0.1) is 5.57 Å². The summed E-state index contributed by atoms with van der Waals surface area (Å²) in [6.07, 6.45) is 7.79. The lowest BCUT2D eigenvalue weighted by molar-refractivity contribution is -0.130. The molecule has 0 fully saturated rings. The Morgan fingerprint density at radius 1 is 1.15 bits per heavy atom. The van der Waals surface area contributed by atoms with Gasteiger partial charge >= 0.3 is 5.97 Å². The van der Waals surface area contributed by atoms with Crippen LogP contribution in [0.3, 0.4) is 0 Å². The minimum atomic E-state index is -1.10. The summed E-state index contributed by atoms with van der Waals surface area (Å²) in [5, 5.41) is 28.3. The largest absolute Gasteiger partial charge is 0.508 e. The first-order chi connectivity index (χ1) is 9.56. The van der Waals surface area contributed by atoms with Crippen LogP contribution >= 0.6 is 0 Å². The Labute approximate surface area is 119 Å². The maximum Gasteiger partial charge on any atom is 0.336 e. The molecule has 0 spiro atoms. The van der Waals surface area contributed by atoms with Crippen molar-refractivity contribution >= 4 is 11.5 Å². The summed E-state index contributed by atoms with van der Waals surface area (Å²) in [5.41, 5.74) is 0.194. The van der Waals surface area contributed by atoms with Crippen LogP contribution in [-0.4, -0.2) is 21.3 Å². The van der Waals surface area contributed by atoms with Crippen molar-refractivity contribution in [1.82, 2.24) is 0 Å². The number of carboxylic acids is 1. The van der Waals surface area contributed by atoms with E-state index in [1.54, 1.807) is 6.08 Å². The lowest BCUT2D eigenvalue weighted by atomic mass is 10.0. The van der Waals surface area contributed by atoms with E-state index in [9.17, 15) is 20.1 Å². The van der Waals surface area contributed by atoms with Crippen molar-refractivity contribution < 1.29 is 20.1 Å². The monoisotopic (exact) mass is 278 g/mol. The quantitative estimate of drug-likeness (QED) is 0.382. The van der Waals surface area contributed by atoms with Crippen LogP contribution in [0, 0.1) is 0 Å². The smallest absolute Gasteiger partial charge is 0.336 e. The van der Waals surface area contributed by atoms with Gasteiger partial charge in [0.2, 0.25) is 0 Å². The lowest BCUT2D eigenvalue weighted by Gasteiger charge is -2.06. The molecule has 0 radical (unpaired) electrons. The summed E-state index contributed by atoms with van der Waals surface area (Å²) in [6.45, 7) is 2.15. The first kappa shape index (κ1) is 16.1. The molecule has 110 valence electrons. The molecule has 1 aromatic carbocycles. The third-order valence-electron chi connectivity index (χ3n) is 3.16. The van der Waals surface area contributed by atoms with E-state index in [1.165, 1.54) is 31.0 Å². The van der Waals surface area contributed by atoms with Gasteiger partial charge < -0.3 is 15.3 Å². The number of aliphatic carboxylic acids is 1. The fraction of sp³-hybridized carbons (Fsp3) is 0.438. The lowest BCUT2D eigenvalue weighted by Crippen LogP contribution is -2.00. The number of phenolic OH excluding ortho intramolecular Hbond substituents is 2. The molecule has 4 heteroatoms. The van der Waals surface area contributed by atoms with Gasteiger partial charge in [0.25, 0.3) is 0 Å². The van der Waals surface area contributed by atoms with E-state index in [-0.39, 0.29) is 22.6 Å². The van der Waals surface area contributed by atoms with Crippen LogP contribution in [0.1, 0.15) is 51.0 Å². The van der Waals surface area contributed by atoms with E-state index in [1.807, 2.05) is 0 Å².